The van der Waals surface area contributed by atoms with E-state index < -0.39 is 0 Å². The van der Waals surface area contributed by atoms with E-state index in [1.807, 2.05) is 13.8 Å². The van der Waals surface area contributed by atoms with Crippen LogP contribution in [0.5, 0.6) is 0 Å². The minimum Gasteiger partial charge on any atom is -0.389 e. The normalized spacial score (nSPS) is 10.9. The molecule has 0 aliphatic heterocycles. The fraction of sp³-hybridized carbons (Fsp3) is 0.667. The molecule has 0 aromatic heterocycles. The molecule has 0 aromatic carbocycles. The molecule has 1 heteroatoms. The van der Waals surface area contributed by atoms with Crippen molar-refractivity contribution in [3.05, 3.63) is 23.4 Å². The van der Waals surface area contributed by atoms with Crippen molar-refractivity contribution in [3.63, 3.8) is 0 Å². The van der Waals surface area contributed by atoms with Gasteiger partial charge in [0.1, 0.15) is 0 Å². The Labute approximate surface area is 83.9 Å². The predicted molar refractivity (Wildman–Crippen MR) is 62.8 cm³/mol. The quantitative estimate of drug-likeness (QED) is 0.652. The summed E-state index contributed by atoms with van der Waals surface area (Å²) in [6, 6.07) is 0. The fourth-order valence-electron chi connectivity index (χ4n) is 0.928. The molecule has 0 fully saturated rings. The molecule has 0 saturated heterocycles. The molecule has 0 aromatic rings. The molecule has 0 aliphatic carbocycles. The van der Waals surface area contributed by atoms with Crippen LogP contribution < -0.4 is 5.32 Å². The predicted octanol–water partition coefficient (Wildman–Crippen LogP) is 3.88. The molecule has 0 saturated carbocycles. The smallest absolute Gasteiger partial charge is 0.0115 e. The number of allylic oxidation sites excluding steroid dienone is 3. The van der Waals surface area contributed by atoms with Crippen molar-refractivity contribution in [2.24, 2.45) is 0 Å². The summed E-state index contributed by atoms with van der Waals surface area (Å²) in [4.78, 5) is 0. The molecule has 1 N–H and O–H groups in total. The van der Waals surface area contributed by atoms with Gasteiger partial charge in [0.05, 0.1) is 0 Å². The van der Waals surface area contributed by atoms with Crippen LogP contribution in [0.25, 0.3) is 0 Å². The van der Waals surface area contributed by atoms with Gasteiger partial charge in [0, 0.05) is 12.2 Å². The average molecular weight is 183 g/mol. The molecule has 0 radical (unpaired) electrons. The van der Waals surface area contributed by atoms with E-state index in [1.54, 1.807) is 0 Å². The van der Waals surface area contributed by atoms with Crippen molar-refractivity contribution in [1.29, 1.82) is 0 Å². The lowest BCUT2D eigenvalue weighted by Gasteiger charge is -2.09. The maximum absolute atomic E-state index is 3.98. The molecule has 78 valence electrons. The second kappa shape index (κ2) is 9.37. The molecule has 0 bridgehead atoms. The molecule has 13 heavy (non-hydrogen) atoms. The first-order chi connectivity index (χ1) is 6.13. The summed E-state index contributed by atoms with van der Waals surface area (Å²) >= 11 is 0. The van der Waals surface area contributed by atoms with Crippen molar-refractivity contribution >= 4 is 0 Å². The summed E-state index contributed by atoms with van der Waals surface area (Å²) in [7, 11) is 0. The van der Waals surface area contributed by atoms with E-state index in [9.17, 15) is 0 Å². The Kier molecular flexibility index (Phi) is 10.7. The summed E-state index contributed by atoms with van der Waals surface area (Å²) in [5.41, 5.74) is 3.78. The van der Waals surface area contributed by atoms with Gasteiger partial charge in [0.25, 0.3) is 0 Å². The molecule has 0 atom stereocenters. The third-order valence-corrected chi connectivity index (χ3v) is 1.96. The highest BCUT2D eigenvalue weighted by atomic mass is 14.9. The van der Waals surface area contributed by atoms with Crippen LogP contribution in [0.3, 0.4) is 0 Å². The zero-order chi connectivity index (χ0) is 10.9. The van der Waals surface area contributed by atoms with Gasteiger partial charge >= 0.3 is 0 Å². The first-order valence-electron chi connectivity index (χ1n) is 5.22. The number of rotatable bonds is 4. The second-order valence-electron chi connectivity index (χ2n) is 2.74. The Morgan fingerprint density at radius 2 is 1.62 bits per heavy atom. The lowest BCUT2D eigenvalue weighted by molar-refractivity contribution is 0.837. The van der Waals surface area contributed by atoms with E-state index in [-0.39, 0.29) is 0 Å². The molecule has 0 spiro atoms. The maximum Gasteiger partial charge on any atom is 0.0115 e. The standard InChI is InChI=1S/C10H19N.C2H6/c1-6-8(3)9(4)10(5)11-7-2;1-2/h11H,3,6-7H2,1-2,4-5H3;1-2H3/b10-9-;. The van der Waals surface area contributed by atoms with E-state index >= 15 is 0 Å². The monoisotopic (exact) mass is 183 g/mol. The molecular weight excluding hydrogens is 158 g/mol. The molecule has 0 unspecified atom stereocenters. The second-order valence-corrected chi connectivity index (χ2v) is 2.74. The van der Waals surface area contributed by atoms with Crippen molar-refractivity contribution in [1.82, 2.24) is 5.32 Å². The number of hydrogen-bond donors (Lipinski definition) is 1. The minimum atomic E-state index is 0.986. The zero-order valence-corrected chi connectivity index (χ0v) is 10.1. The topological polar surface area (TPSA) is 12.0 Å². The fourth-order valence-corrected chi connectivity index (χ4v) is 0.928. The van der Waals surface area contributed by atoms with Gasteiger partial charge in [-0.2, -0.15) is 0 Å². The van der Waals surface area contributed by atoms with E-state index in [1.165, 1.54) is 16.8 Å². The van der Waals surface area contributed by atoms with Crippen LogP contribution in [0, 0.1) is 0 Å². The summed E-state index contributed by atoms with van der Waals surface area (Å²) in [5.74, 6) is 0. The van der Waals surface area contributed by atoms with Crippen LogP contribution in [-0.2, 0) is 0 Å². The number of nitrogens with one attached hydrogen (secondary N) is 1. The first-order valence-corrected chi connectivity index (χ1v) is 5.22. The lowest BCUT2D eigenvalue weighted by Crippen LogP contribution is -2.11. The van der Waals surface area contributed by atoms with Crippen molar-refractivity contribution in [2.75, 3.05) is 6.54 Å². The van der Waals surface area contributed by atoms with Gasteiger partial charge in [-0.25, -0.2) is 0 Å². The molecule has 0 rings (SSSR count). The minimum absolute atomic E-state index is 0.986. The van der Waals surface area contributed by atoms with Crippen LogP contribution in [0.4, 0.5) is 0 Å². The Morgan fingerprint density at radius 3 is 1.92 bits per heavy atom. The van der Waals surface area contributed by atoms with Crippen LogP contribution >= 0.6 is 0 Å². The molecule has 0 heterocycles. The van der Waals surface area contributed by atoms with Gasteiger partial charge in [-0.15, -0.1) is 0 Å². The van der Waals surface area contributed by atoms with Crippen LogP contribution in [0.1, 0.15) is 48.0 Å². The Bertz CT molecular complexity index is 166. The summed E-state index contributed by atoms with van der Waals surface area (Å²) < 4.78 is 0. The number of hydrogen-bond acceptors (Lipinski definition) is 1. The van der Waals surface area contributed by atoms with Crippen molar-refractivity contribution < 1.29 is 0 Å². The van der Waals surface area contributed by atoms with Crippen molar-refractivity contribution in [3.8, 4) is 0 Å². The summed E-state index contributed by atoms with van der Waals surface area (Å²) in [5, 5.41) is 3.28. The van der Waals surface area contributed by atoms with E-state index in [2.05, 4.69) is 39.6 Å². The Hall–Kier alpha value is -0.720. The average Bonchev–Trinajstić information content (AvgIpc) is 2.19. The van der Waals surface area contributed by atoms with Gasteiger partial charge in [-0.3, -0.25) is 0 Å². The highest BCUT2D eigenvalue weighted by molar-refractivity contribution is 5.29. The summed E-state index contributed by atoms with van der Waals surface area (Å²) in [6.45, 7) is 17.4. The molecule has 0 amide bonds. The SMILES string of the molecule is C=C(CC)/C(C)=C(/C)NCC.CC. The Balaban J connectivity index is 0. The third-order valence-electron chi connectivity index (χ3n) is 1.96. The van der Waals surface area contributed by atoms with Gasteiger partial charge in [-0.1, -0.05) is 32.9 Å². The van der Waals surface area contributed by atoms with Gasteiger partial charge in [0.2, 0.25) is 0 Å². The highest BCUT2D eigenvalue weighted by Gasteiger charge is 1.97. The van der Waals surface area contributed by atoms with Crippen LogP contribution in [0.15, 0.2) is 23.4 Å². The van der Waals surface area contributed by atoms with Gasteiger partial charge in [0.15, 0.2) is 0 Å². The van der Waals surface area contributed by atoms with Gasteiger partial charge in [-0.05, 0) is 32.8 Å². The third kappa shape index (κ3) is 6.44. The molecule has 0 aliphatic rings. The van der Waals surface area contributed by atoms with Crippen LogP contribution in [0.2, 0.25) is 0 Å². The maximum atomic E-state index is 3.98. The van der Waals surface area contributed by atoms with Gasteiger partial charge < -0.3 is 5.32 Å². The van der Waals surface area contributed by atoms with E-state index in [4.69, 9.17) is 0 Å². The molecular formula is C12H25N. The summed E-state index contributed by atoms with van der Waals surface area (Å²) in [6.07, 6.45) is 1.04. The van der Waals surface area contributed by atoms with E-state index in [0.717, 1.165) is 13.0 Å². The zero-order valence-electron chi connectivity index (χ0n) is 10.1. The first kappa shape index (κ1) is 14.8. The largest absolute Gasteiger partial charge is 0.389 e. The molecule has 1 nitrogen and oxygen atoms in total. The lowest BCUT2D eigenvalue weighted by atomic mass is 10.1. The van der Waals surface area contributed by atoms with E-state index in [0.29, 0.717) is 0 Å². The van der Waals surface area contributed by atoms with Crippen molar-refractivity contribution in [2.45, 2.75) is 48.0 Å². The Morgan fingerprint density at radius 1 is 1.15 bits per heavy atom. The van der Waals surface area contributed by atoms with Crippen LogP contribution in [-0.4, -0.2) is 6.54 Å². The highest BCUT2D eigenvalue weighted by Crippen LogP contribution is 2.13.